The molecule has 0 spiro atoms. The number of anilines is 1. The zero-order valence-corrected chi connectivity index (χ0v) is 16.1. The zero-order chi connectivity index (χ0) is 17.8. The Morgan fingerprint density at radius 3 is 2.69 bits per heavy atom. The van der Waals surface area contributed by atoms with E-state index in [1.807, 2.05) is 23.6 Å². The Labute approximate surface area is 161 Å². The molecule has 0 atom stereocenters. The first kappa shape index (κ1) is 17.4. The number of aromatic nitrogens is 1. The summed E-state index contributed by atoms with van der Waals surface area (Å²) in [5.74, 6) is -0.122. The fourth-order valence-corrected chi connectivity index (χ4v) is 4.93. The number of rotatable bonds is 5. The van der Waals surface area contributed by atoms with Gasteiger partial charge >= 0.3 is 0 Å². The van der Waals surface area contributed by atoms with Crippen LogP contribution in [0, 0.1) is 0 Å². The Morgan fingerprint density at radius 2 is 1.88 bits per heavy atom. The van der Waals surface area contributed by atoms with Crippen molar-refractivity contribution in [3.63, 3.8) is 0 Å². The zero-order valence-electron chi connectivity index (χ0n) is 14.5. The molecule has 1 aromatic carbocycles. The van der Waals surface area contributed by atoms with Crippen molar-refractivity contribution >= 4 is 33.7 Å². The average Bonchev–Trinajstić information content (AvgIpc) is 3.33. The first-order valence-electron chi connectivity index (χ1n) is 8.91. The lowest BCUT2D eigenvalue weighted by Gasteiger charge is -2.25. The minimum Gasteiger partial charge on any atom is -0.298 e. The van der Waals surface area contributed by atoms with E-state index >= 15 is 0 Å². The summed E-state index contributed by atoms with van der Waals surface area (Å²) in [5, 5.41) is 5.54. The van der Waals surface area contributed by atoms with Crippen molar-refractivity contribution in [2.24, 2.45) is 0 Å². The van der Waals surface area contributed by atoms with Gasteiger partial charge < -0.3 is 0 Å². The van der Waals surface area contributed by atoms with Gasteiger partial charge in [0.25, 0.3) is 5.91 Å². The topological polar surface area (TPSA) is 45.2 Å². The Balaban J connectivity index is 1.40. The van der Waals surface area contributed by atoms with Crippen molar-refractivity contribution in [1.29, 1.82) is 0 Å². The van der Waals surface area contributed by atoms with Gasteiger partial charge in [0.05, 0.1) is 10.6 Å². The molecule has 1 amide bonds. The Hall–Kier alpha value is -2.02. The maximum atomic E-state index is 12.2. The number of likely N-dealkylation sites (tertiary alicyclic amines) is 1. The monoisotopic (exact) mass is 383 g/mol. The number of carbonyl (C=O) groups is 1. The predicted octanol–water partition coefficient (Wildman–Crippen LogP) is 5.11. The van der Waals surface area contributed by atoms with Crippen LogP contribution in [0.3, 0.4) is 0 Å². The lowest BCUT2D eigenvalue weighted by atomic mass is 10.1. The number of nitrogens with zero attached hydrogens (tertiary/aromatic N) is 2. The SMILES string of the molecule is O=C(Nc1nc(-c2ccc(CN3CCCCC3)s2)cs1)c1ccccc1. The van der Waals surface area contributed by atoms with Crippen LogP contribution in [0.4, 0.5) is 5.13 Å². The van der Waals surface area contributed by atoms with Gasteiger partial charge in [0, 0.05) is 22.4 Å². The minimum absolute atomic E-state index is 0.122. The van der Waals surface area contributed by atoms with Crippen LogP contribution in [-0.2, 0) is 6.54 Å². The standard InChI is InChI=1S/C20H21N3OS2/c24-19(15-7-3-1-4-8-15)22-20-21-17(14-25-20)18-10-9-16(26-18)13-23-11-5-2-6-12-23/h1,3-4,7-10,14H,2,5-6,11-13H2,(H,21,22,24). The molecule has 0 radical (unpaired) electrons. The largest absolute Gasteiger partial charge is 0.298 e. The summed E-state index contributed by atoms with van der Waals surface area (Å²) < 4.78 is 0. The van der Waals surface area contributed by atoms with Crippen LogP contribution in [0.5, 0.6) is 0 Å². The molecule has 134 valence electrons. The molecule has 1 aliphatic rings. The molecule has 4 nitrogen and oxygen atoms in total. The molecule has 26 heavy (non-hydrogen) atoms. The second kappa shape index (κ2) is 8.12. The van der Waals surface area contributed by atoms with Gasteiger partial charge in [-0.25, -0.2) is 4.98 Å². The van der Waals surface area contributed by atoms with Gasteiger partial charge in [-0.2, -0.15) is 0 Å². The van der Waals surface area contributed by atoms with E-state index in [1.165, 1.54) is 48.6 Å². The Bertz CT molecular complexity index is 866. The molecule has 0 bridgehead atoms. The van der Waals surface area contributed by atoms with E-state index in [-0.39, 0.29) is 5.91 Å². The summed E-state index contributed by atoms with van der Waals surface area (Å²) in [7, 11) is 0. The van der Waals surface area contributed by atoms with Gasteiger partial charge in [-0.15, -0.1) is 22.7 Å². The highest BCUT2D eigenvalue weighted by Gasteiger charge is 2.14. The maximum Gasteiger partial charge on any atom is 0.257 e. The quantitative estimate of drug-likeness (QED) is 0.666. The van der Waals surface area contributed by atoms with Crippen LogP contribution in [-0.4, -0.2) is 28.9 Å². The number of piperidine rings is 1. The minimum atomic E-state index is -0.122. The van der Waals surface area contributed by atoms with Crippen molar-refractivity contribution in [3.8, 4) is 10.6 Å². The lowest BCUT2D eigenvalue weighted by molar-refractivity contribution is 0.102. The molecular weight excluding hydrogens is 362 g/mol. The highest BCUT2D eigenvalue weighted by Crippen LogP contribution is 2.31. The number of hydrogen-bond acceptors (Lipinski definition) is 5. The number of benzene rings is 1. The van der Waals surface area contributed by atoms with Crippen LogP contribution in [0.25, 0.3) is 10.6 Å². The first-order valence-corrected chi connectivity index (χ1v) is 10.6. The highest BCUT2D eigenvalue weighted by atomic mass is 32.1. The summed E-state index contributed by atoms with van der Waals surface area (Å²) in [6.45, 7) is 3.45. The Kier molecular flexibility index (Phi) is 5.43. The number of thiophene rings is 1. The summed E-state index contributed by atoms with van der Waals surface area (Å²) in [6.07, 6.45) is 3.99. The van der Waals surface area contributed by atoms with Crippen LogP contribution in [0.2, 0.25) is 0 Å². The van der Waals surface area contributed by atoms with Crippen LogP contribution < -0.4 is 5.32 Å². The fraction of sp³-hybridized carbons (Fsp3) is 0.300. The number of hydrogen-bond donors (Lipinski definition) is 1. The van der Waals surface area contributed by atoms with Gasteiger partial charge in [-0.1, -0.05) is 24.6 Å². The van der Waals surface area contributed by atoms with E-state index in [2.05, 4.69) is 27.3 Å². The molecule has 1 fully saturated rings. The molecule has 2 aromatic heterocycles. The molecule has 1 aliphatic heterocycles. The number of thiazole rings is 1. The number of nitrogens with one attached hydrogen (secondary N) is 1. The lowest BCUT2D eigenvalue weighted by Crippen LogP contribution is -2.28. The predicted molar refractivity (Wildman–Crippen MR) is 109 cm³/mol. The van der Waals surface area contributed by atoms with E-state index in [0.717, 1.165) is 17.1 Å². The highest BCUT2D eigenvalue weighted by molar-refractivity contribution is 7.17. The molecule has 0 unspecified atom stereocenters. The molecule has 3 heterocycles. The fourth-order valence-electron chi connectivity index (χ4n) is 3.14. The van der Waals surface area contributed by atoms with Crippen LogP contribution in [0.1, 0.15) is 34.5 Å². The summed E-state index contributed by atoms with van der Waals surface area (Å²) in [6, 6.07) is 13.6. The van der Waals surface area contributed by atoms with Gasteiger partial charge in [-0.3, -0.25) is 15.0 Å². The first-order chi connectivity index (χ1) is 12.8. The molecule has 1 N–H and O–H groups in total. The third kappa shape index (κ3) is 4.20. The molecule has 4 rings (SSSR count). The van der Waals surface area contributed by atoms with Crippen molar-refractivity contribution in [2.45, 2.75) is 25.8 Å². The molecular formula is C20H21N3OS2. The van der Waals surface area contributed by atoms with Crippen LogP contribution >= 0.6 is 22.7 Å². The summed E-state index contributed by atoms with van der Waals surface area (Å²) in [4.78, 5) is 21.9. The normalized spacial score (nSPS) is 15.1. The van der Waals surface area contributed by atoms with Crippen molar-refractivity contribution in [2.75, 3.05) is 18.4 Å². The number of amides is 1. The smallest absolute Gasteiger partial charge is 0.257 e. The van der Waals surface area contributed by atoms with Gasteiger partial charge in [0.15, 0.2) is 5.13 Å². The van der Waals surface area contributed by atoms with E-state index in [9.17, 15) is 4.79 Å². The maximum absolute atomic E-state index is 12.2. The Morgan fingerprint density at radius 1 is 1.08 bits per heavy atom. The third-order valence-electron chi connectivity index (χ3n) is 4.50. The van der Waals surface area contributed by atoms with Gasteiger partial charge in [0.2, 0.25) is 0 Å². The average molecular weight is 384 g/mol. The second-order valence-electron chi connectivity index (χ2n) is 6.46. The van der Waals surface area contributed by atoms with E-state index in [4.69, 9.17) is 0 Å². The van der Waals surface area contributed by atoms with E-state index < -0.39 is 0 Å². The second-order valence-corrected chi connectivity index (χ2v) is 8.49. The number of carbonyl (C=O) groups excluding carboxylic acids is 1. The summed E-state index contributed by atoms with van der Waals surface area (Å²) >= 11 is 3.26. The van der Waals surface area contributed by atoms with Crippen molar-refractivity contribution < 1.29 is 4.79 Å². The molecule has 6 heteroatoms. The molecule has 1 saturated heterocycles. The molecule has 0 aliphatic carbocycles. The van der Waals surface area contributed by atoms with E-state index in [0.29, 0.717) is 10.7 Å². The molecule has 0 saturated carbocycles. The van der Waals surface area contributed by atoms with Gasteiger partial charge in [0.1, 0.15) is 0 Å². The van der Waals surface area contributed by atoms with Gasteiger partial charge in [-0.05, 0) is 50.2 Å². The van der Waals surface area contributed by atoms with Crippen LogP contribution in [0.15, 0.2) is 47.8 Å². The van der Waals surface area contributed by atoms with Crippen molar-refractivity contribution in [1.82, 2.24) is 9.88 Å². The summed E-state index contributed by atoms with van der Waals surface area (Å²) in [5.41, 5.74) is 1.58. The van der Waals surface area contributed by atoms with Crippen molar-refractivity contribution in [3.05, 3.63) is 58.3 Å². The van der Waals surface area contributed by atoms with E-state index in [1.54, 1.807) is 23.5 Å². The molecule has 3 aromatic rings. The third-order valence-corrected chi connectivity index (χ3v) is 6.35.